The maximum absolute atomic E-state index is 12.9. The Labute approximate surface area is 97.2 Å². The van der Waals surface area contributed by atoms with E-state index >= 15 is 0 Å². The van der Waals surface area contributed by atoms with Crippen LogP contribution in [0.2, 0.25) is 0 Å². The average Bonchev–Trinajstić information content (AvgIpc) is 2.67. The van der Waals surface area contributed by atoms with Crippen LogP contribution in [0.4, 0.5) is 10.4 Å². The monoisotopic (exact) mass is 237 g/mol. The lowest BCUT2D eigenvalue weighted by atomic mass is 10.3. The summed E-state index contributed by atoms with van der Waals surface area (Å²) < 4.78 is 18.2. The lowest BCUT2D eigenvalue weighted by Gasteiger charge is -2.09. The highest BCUT2D eigenvalue weighted by Gasteiger charge is 2.08. The van der Waals surface area contributed by atoms with Gasteiger partial charge in [0.25, 0.3) is 6.01 Å². The Bertz CT molecular complexity index is 551. The van der Waals surface area contributed by atoms with Gasteiger partial charge in [0.05, 0.1) is 6.54 Å². The molecule has 0 unspecified atom stereocenters. The number of nitrogens with one attached hydrogen (secondary N) is 1. The van der Waals surface area contributed by atoms with E-state index in [1.54, 1.807) is 14.1 Å². The lowest BCUT2D eigenvalue weighted by Crippen LogP contribution is -2.28. The molecule has 1 N–H and O–H groups in total. The molecule has 0 spiro atoms. The van der Waals surface area contributed by atoms with Crippen LogP contribution in [0.15, 0.2) is 22.6 Å². The van der Waals surface area contributed by atoms with Crippen molar-refractivity contribution in [2.45, 2.75) is 0 Å². The van der Waals surface area contributed by atoms with Crippen molar-refractivity contribution in [3.05, 3.63) is 24.0 Å². The van der Waals surface area contributed by atoms with Crippen LogP contribution in [0.3, 0.4) is 0 Å². The first-order chi connectivity index (χ1) is 8.06. The van der Waals surface area contributed by atoms with E-state index in [1.165, 1.54) is 23.1 Å². The third-order valence-corrected chi connectivity index (χ3v) is 2.24. The third-order valence-electron chi connectivity index (χ3n) is 2.24. The zero-order chi connectivity index (χ0) is 12.4. The molecule has 90 valence electrons. The number of carbonyl (C=O) groups is 1. The predicted molar refractivity (Wildman–Crippen MR) is 61.2 cm³/mol. The number of nitrogens with zero attached hydrogens (tertiary/aromatic N) is 2. The van der Waals surface area contributed by atoms with Crippen molar-refractivity contribution in [1.82, 2.24) is 9.88 Å². The molecule has 0 aliphatic carbocycles. The maximum atomic E-state index is 12.9. The highest BCUT2D eigenvalue weighted by molar-refractivity contribution is 5.80. The topological polar surface area (TPSA) is 58.4 Å². The summed E-state index contributed by atoms with van der Waals surface area (Å²) in [4.78, 5) is 16.8. The minimum atomic E-state index is -0.373. The van der Waals surface area contributed by atoms with Gasteiger partial charge in [-0.05, 0) is 12.1 Å². The van der Waals surface area contributed by atoms with E-state index < -0.39 is 0 Å². The first kappa shape index (κ1) is 11.4. The van der Waals surface area contributed by atoms with Crippen molar-refractivity contribution in [1.29, 1.82) is 0 Å². The van der Waals surface area contributed by atoms with Gasteiger partial charge in [0.2, 0.25) is 5.91 Å². The summed E-state index contributed by atoms with van der Waals surface area (Å²) in [5.74, 6) is -0.472. The molecule has 0 bridgehead atoms. The van der Waals surface area contributed by atoms with Gasteiger partial charge in [0.15, 0.2) is 5.58 Å². The summed E-state index contributed by atoms with van der Waals surface area (Å²) in [6.45, 7) is 0.0856. The second kappa shape index (κ2) is 4.40. The number of hydrogen-bond donors (Lipinski definition) is 1. The van der Waals surface area contributed by atoms with Crippen molar-refractivity contribution in [2.24, 2.45) is 0 Å². The number of fused-ring (bicyclic) bond motifs is 1. The number of aromatic nitrogens is 1. The Balaban J connectivity index is 2.12. The van der Waals surface area contributed by atoms with Crippen LogP contribution in [-0.4, -0.2) is 36.4 Å². The molecule has 0 fully saturated rings. The van der Waals surface area contributed by atoms with Crippen molar-refractivity contribution in [3.63, 3.8) is 0 Å². The molecule has 0 atom stereocenters. The largest absolute Gasteiger partial charge is 0.424 e. The van der Waals surface area contributed by atoms with Crippen LogP contribution in [0.5, 0.6) is 0 Å². The van der Waals surface area contributed by atoms with Gasteiger partial charge in [-0.25, -0.2) is 4.39 Å². The fraction of sp³-hybridized carbons (Fsp3) is 0.273. The number of carbonyl (C=O) groups excluding carboxylic acids is 1. The number of hydrogen-bond acceptors (Lipinski definition) is 4. The summed E-state index contributed by atoms with van der Waals surface area (Å²) in [7, 11) is 3.32. The molecular weight excluding hydrogens is 225 g/mol. The van der Waals surface area contributed by atoms with E-state index in [4.69, 9.17) is 4.42 Å². The van der Waals surface area contributed by atoms with Crippen LogP contribution in [-0.2, 0) is 4.79 Å². The molecule has 0 aliphatic heterocycles. The SMILES string of the molecule is CN(C)C(=O)CNc1nc2cc(F)ccc2o1. The lowest BCUT2D eigenvalue weighted by molar-refractivity contribution is -0.126. The van der Waals surface area contributed by atoms with Crippen LogP contribution < -0.4 is 5.32 Å². The van der Waals surface area contributed by atoms with Gasteiger partial charge in [0, 0.05) is 20.2 Å². The molecular formula is C11H12FN3O2. The molecule has 0 aliphatic rings. The number of rotatable bonds is 3. The highest BCUT2D eigenvalue weighted by Crippen LogP contribution is 2.19. The molecule has 0 radical (unpaired) electrons. The summed E-state index contributed by atoms with van der Waals surface area (Å²) >= 11 is 0. The highest BCUT2D eigenvalue weighted by atomic mass is 19.1. The van der Waals surface area contributed by atoms with Crippen molar-refractivity contribution in [3.8, 4) is 0 Å². The van der Waals surface area contributed by atoms with Crippen LogP contribution in [0.25, 0.3) is 11.1 Å². The van der Waals surface area contributed by atoms with Crippen LogP contribution in [0.1, 0.15) is 0 Å². The number of amides is 1. The van der Waals surface area contributed by atoms with E-state index in [1.807, 2.05) is 0 Å². The fourth-order valence-electron chi connectivity index (χ4n) is 1.29. The first-order valence-corrected chi connectivity index (χ1v) is 5.06. The number of benzene rings is 1. The Morgan fingerprint density at radius 1 is 1.53 bits per heavy atom. The van der Waals surface area contributed by atoms with E-state index in [0.29, 0.717) is 11.1 Å². The summed E-state index contributed by atoms with van der Waals surface area (Å²) in [6.07, 6.45) is 0. The van der Waals surface area contributed by atoms with E-state index in [0.717, 1.165) is 0 Å². The van der Waals surface area contributed by atoms with Gasteiger partial charge in [0.1, 0.15) is 11.3 Å². The van der Waals surface area contributed by atoms with Gasteiger partial charge in [-0.15, -0.1) is 0 Å². The van der Waals surface area contributed by atoms with Gasteiger partial charge in [-0.1, -0.05) is 0 Å². The molecule has 1 heterocycles. The molecule has 0 saturated heterocycles. The second-order valence-corrected chi connectivity index (χ2v) is 3.77. The minimum absolute atomic E-state index is 0.0856. The fourth-order valence-corrected chi connectivity index (χ4v) is 1.29. The predicted octanol–water partition coefficient (Wildman–Crippen LogP) is 1.47. The van der Waals surface area contributed by atoms with Gasteiger partial charge < -0.3 is 14.6 Å². The Hall–Kier alpha value is -2.11. The van der Waals surface area contributed by atoms with Crippen molar-refractivity contribution < 1.29 is 13.6 Å². The molecule has 5 nitrogen and oxygen atoms in total. The van der Waals surface area contributed by atoms with Gasteiger partial charge in [-0.3, -0.25) is 4.79 Å². The maximum Gasteiger partial charge on any atom is 0.296 e. The Kier molecular flexibility index (Phi) is 2.95. The third kappa shape index (κ3) is 2.52. The van der Waals surface area contributed by atoms with E-state index in [2.05, 4.69) is 10.3 Å². The van der Waals surface area contributed by atoms with Gasteiger partial charge in [-0.2, -0.15) is 4.98 Å². The number of anilines is 1. The zero-order valence-corrected chi connectivity index (χ0v) is 9.53. The molecule has 6 heteroatoms. The Morgan fingerprint density at radius 3 is 3.00 bits per heavy atom. The Morgan fingerprint density at radius 2 is 2.29 bits per heavy atom. The molecule has 0 saturated carbocycles. The van der Waals surface area contributed by atoms with Crippen molar-refractivity contribution >= 4 is 23.0 Å². The number of likely N-dealkylation sites (N-methyl/N-ethyl adjacent to an activating group) is 1. The normalized spacial score (nSPS) is 10.5. The second-order valence-electron chi connectivity index (χ2n) is 3.77. The van der Waals surface area contributed by atoms with Crippen molar-refractivity contribution in [2.75, 3.05) is 26.0 Å². The first-order valence-electron chi connectivity index (χ1n) is 5.06. The molecule has 2 aromatic rings. The molecule has 2 rings (SSSR count). The van der Waals surface area contributed by atoms with E-state index in [-0.39, 0.29) is 24.3 Å². The summed E-state index contributed by atoms with van der Waals surface area (Å²) in [6, 6.07) is 4.28. The van der Waals surface area contributed by atoms with E-state index in [9.17, 15) is 9.18 Å². The quantitative estimate of drug-likeness (QED) is 0.878. The molecule has 1 amide bonds. The zero-order valence-electron chi connectivity index (χ0n) is 9.53. The van der Waals surface area contributed by atoms with Crippen LogP contribution in [0, 0.1) is 5.82 Å². The summed E-state index contributed by atoms with van der Waals surface area (Å²) in [5.41, 5.74) is 0.899. The average molecular weight is 237 g/mol. The van der Waals surface area contributed by atoms with Crippen LogP contribution >= 0.6 is 0 Å². The molecule has 1 aromatic carbocycles. The minimum Gasteiger partial charge on any atom is -0.424 e. The smallest absolute Gasteiger partial charge is 0.296 e. The van der Waals surface area contributed by atoms with Gasteiger partial charge >= 0.3 is 0 Å². The number of halogens is 1. The standard InChI is InChI=1S/C11H12FN3O2/c1-15(2)10(16)6-13-11-14-8-5-7(12)3-4-9(8)17-11/h3-5H,6H2,1-2H3,(H,13,14). The molecule has 17 heavy (non-hydrogen) atoms. The molecule has 1 aromatic heterocycles. The summed E-state index contributed by atoms with van der Waals surface area (Å²) in [5, 5.41) is 2.74. The number of oxazole rings is 1.